The lowest BCUT2D eigenvalue weighted by molar-refractivity contribution is 0.0697. The van der Waals surface area contributed by atoms with E-state index in [-0.39, 0.29) is 5.56 Å². The predicted molar refractivity (Wildman–Crippen MR) is 46.0 cm³/mol. The number of benzene rings is 1. The summed E-state index contributed by atoms with van der Waals surface area (Å²) in [7, 11) is 1.69. The fourth-order valence-corrected chi connectivity index (χ4v) is 0.839. The van der Waals surface area contributed by atoms with E-state index >= 15 is 0 Å². The Morgan fingerprint density at radius 3 is 2.25 bits per heavy atom. The first kappa shape index (κ1) is 8.55. The number of hydrazine groups is 1. The van der Waals surface area contributed by atoms with E-state index in [4.69, 9.17) is 10.9 Å². The second-order valence-corrected chi connectivity index (χ2v) is 2.46. The number of nitrogens with zero attached hydrogens (tertiary/aromatic N) is 1. The van der Waals surface area contributed by atoms with Gasteiger partial charge in [-0.05, 0) is 24.3 Å². The number of nitrogens with two attached hydrogens (primary N) is 1. The summed E-state index contributed by atoms with van der Waals surface area (Å²) in [5.41, 5.74) is 1.04. The van der Waals surface area contributed by atoms with Gasteiger partial charge in [-0.25, -0.2) is 10.6 Å². The van der Waals surface area contributed by atoms with Crippen molar-refractivity contribution in [1.82, 2.24) is 0 Å². The number of hydrogen-bond donors (Lipinski definition) is 2. The van der Waals surface area contributed by atoms with Crippen molar-refractivity contribution in [1.29, 1.82) is 0 Å². The minimum atomic E-state index is -0.929. The maximum absolute atomic E-state index is 10.4. The van der Waals surface area contributed by atoms with Crippen molar-refractivity contribution in [3.63, 3.8) is 0 Å². The van der Waals surface area contributed by atoms with Crippen LogP contribution in [0.4, 0.5) is 5.69 Å². The van der Waals surface area contributed by atoms with E-state index in [0.717, 1.165) is 5.69 Å². The van der Waals surface area contributed by atoms with Crippen molar-refractivity contribution in [3.8, 4) is 0 Å². The lowest BCUT2D eigenvalue weighted by Crippen LogP contribution is -2.24. The Kier molecular flexibility index (Phi) is 2.30. The van der Waals surface area contributed by atoms with Crippen molar-refractivity contribution in [3.05, 3.63) is 29.8 Å². The molecule has 0 bridgehead atoms. The molecule has 0 aromatic heterocycles. The summed E-state index contributed by atoms with van der Waals surface area (Å²) in [5, 5.41) is 9.99. The van der Waals surface area contributed by atoms with Crippen LogP contribution in [0.15, 0.2) is 24.3 Å². The molecule has 0 heterocycles. The molecule has 0 atom stereocenters. The molecule has 1 aromatic rings. The van der Waals surface area contributed by atoms with Crippen LogP contribution >= 0.6 is 0 Å². The zero-order valence-electron chi connectivity index (χ0n) is 6.69. The van der Waals surface area contributed by atoms with E-state index in [1.807, 2.05) is 0 Å². The Bertz CT molecular complexity index is 280. The summed E-state index contributed by atoms with van der Waals surface area (Å²) >= 11 is 0. The van der Waals surface area contributed by atoms with Crippen LogP contribution in [-0.2, 0) is 0 Å². The van der Waals surface area contributed by atoms with Crippen LogP contribution in [-0.4, -0.2) is 18.1 Å². The standard InChI is InChI=1S/C8H10N2O2/c1-10(9)7-4-2-6(3-5-7)8(11)12/h2-5H,9H2,1H3,(H,11,12). The maximum atomic E-state index is 10.4. The molecule has 1 aromatic carbocycles. The average molecular weight is 166 g/mol. The highest BCUT2D eigenvalue weighted by Crippen LogP contribution is 2.10. The number of rotatable bonds is 2. The van der Waals surface area contributed by atoms with Crippen molar-refractivity contribution in [2.45, 2.75) is 0 Å². The van der Waals surface area contributed by atoms with Crippen LogP contribution in [0.5, 0.6) is 0 Å². The molecule has 0 spiro atoms. The van der Waals surface area contributed by atoms with Crippen LogP contribution in [0.3, 0.4) is 0 Å². The van der Waals surface area contributed by atoms with E-state index in [2.05, 4.69) is 0 Å². The molecule has 0 saturated carbocycles. The Labute approximate surface area is 70.2 Å². The minimum absolute atomic E-state index is 0.264. The van der Waals surface area contributed by atoms with Gasteiger partial charge in [-0.1, -0.05) is 0 Å². The molecule has 64 valence electrons. The SMILES string of the molecule is CN(N)c1ccc(C(=O)O)cc1. The number of carbonyl (C=O) groups is 1. The quantitative estimate of drug-likeness (QED) is 0.501. The molecule has 4 nitrogen and oxygen atoms in total. The van der Waals surface area contributed by atoms with Gasteiger partial charge in [0.2, 0.25) is 0 Å². The topological polar surface area (TPSA) is 66.6 Å². The summed E-state index contributed by atoms with van der Waals surface area (Å²) in [6.07, 6.45) is 0. The Morgan fingerprint density at radius 1 is 1.42 bits per heavy atom. The lowest BCUT2D eigenvalue weighted by atomic mass is 10.2. The first-order valence-corrected chi connectivity index (χ1v) is 3.43. The minimum Gasteiger partial charge on any atom is -0.478 e. The van der Waals surface area contributed by atoms with Gasteiger partial charge in [0.05, 0.1) is 11.3 Å². The molecule has 0 saturated heterocycles. The van der Waals surface area contributed by atoms with E-state index in [9.17, 15) is 4.79 Å². The monoisotopic (exact) mass is 166 g/mol. The molecule has 0 radical (unpaired) electrons. The summed E-state index contributed by atoms with van der Waals surface area (Å²) in [4.78, 5) is 10.4. The fraction of sp³-hybridized carbons (Fsp3) is 0.125. The van der Waals surface area contributed by atoms with Gasteiger partial charge < -0.3 is 10.1 Å². The highest BCUT2D eigenvalue weighted by molar-refractivity contribution is 5.87. The molecule has 0 aliphatic heterocycles. The van der Waals surface area contributed by atoms with Gasteiger partial charge in [0.1, 0.15) is 0 Å². The van der Waals surface area contributed by atoms with Crippen LogP contribution < -0.4 is 10.9 Å². The molecule has 12 heavy (non-hydrogen) atoms. The lowest BCUT2D eigenvalue weighted by Gasteiger charge is -2.11. The van der Waals surface area contributed by atoms with Crippen molar-refractivity contribution in [2.24, 2.45) is 5.84 Å². The zero-order valence-corrected chi connectivity index (χ0v) is 6.69. The smallest absolute Gasteiger partial charge is 0.335 e. The molecule has 0 aliphatic carbocycles. The number of anilines is 1. The maximum Gasteiger partial charge on any atom is 0.335 e. The Hall–Kier alpha value is -1.55. The molecular weight excluding hydrogens is 156 g/mol. The number of hydrogen-bond acceptors (Lipinski definition) is 3. The largest absolute Gasteiger partial charge is 0.478 e. The molecule has 1 rings (SSSR count). The second-order valence-electron chi connectivity index (χ2n) is 2.46. The van der Waals surface area contributed by atoms with Gasteiger partial charge in [0.25, 0.3) is 0 Å². The molecule has 3 N–H and O–H groups in total. The zero-order chi connectivity index (χ0) is 9.14. The van der Waals surface area contributed by atoms with Crippen LogP contribution in [0.1, 0.15) is 10.4 Å². The van der Waals surface area contributed by atoms with Crippen LogP contribution in [0.25, 0.3) is 0 Å². The number of carboxylic acids is 1. The van der Waals surface area contributed by atoms with Gasteiger partial charge in [-0.15, -0.1) is 0 Å². The Morgan fingerprint density at radius 2 is 1.92 bits per heavy atom. The number of carboxylic acid groups (broad SMARTS) is 1. The number of aromatic carboxylic acids is 1. The van der Waals surface area contributed by atoms with E-state index in [1.165, 1.54) is 17.1 Å². The van der Waals surface area contributed by atoms with Crippen molar-refractivity contribution >= 4 is 11.7 Å². The van der Waals surface area contributed by atoms with Gasteiger partial charge in [0, 0.05) is 7.05 Å². The van der Waals surface area contributed by atoms with Crippen LogP contribution in [0.2, 0.25) is 0 Å². The van der Waals surface area contributed by atoms with Crippen molar-refractivity contribution in [2.75, 3.05) is 12.1 Å². The molecular formula is C8H10N2O2. The summed E-state index contributed by atoms with van der Waals surface area (Å²) < 4.78 is 0. The molecule has 4 heteroatoms. The van der Waals surface area contributed by atoms with Crippen molar-refractivity contribution < 1.29 is 9.90 Å². The van der Waals surface area contributed by atoms with Gasteiger partial charge in [0.15, 0.2) is 0 Å². The summed E-state index contributed by atoms with van der Waals surface area (Å²) in [6.45, 7) is 0. The third-order valence-corrected chi connectivity index (χ3v) is 1.52. The fourth-order valence-electron chi connectivity index (χ4n) is 0.839. The third kappa shape index (κ3) is 1.73. The highest BCUT2D eigenvalue weighted by atomic mass is 16.4. The van der Waals surface area contributed by atoms with E-state index < -0.39 is 5.97 Å². The van der Waals surface area contributed by atoms with Gasteiger partial charge in [-0.2, -0.15) is 0 Å². The second kappa shape index (κ2) is 3.23. The highest BCUT2D eigenvalue weighted by Gasteiger charge is 2.01. The summed E-state index contributed by atoms with van der Waals surface area (Å²) in [5.74, 6) is 4.50. The van der Waals surface area contributed by atoms with Gasteiger partial charge in [-0.3, -0.25) is 0 Å². The molecule has 0 aliphatic rings. The third-order valence-electron chi connectivity index (χ3n) is 1.52. The average Bonchev–Trinajstić information content (AvgIpc) is 2.04. The molecule has 0 amide bonds. The molecule has 0 unspecified atom stereocenters. The normalized spacial score (nSPS) is 9.50. The first-order valence-electron chi connectivity index (χ1n) is 3.43. The van der Waals surface area contributed by atoms with E-state index in [1.54, 1.807) is 19.2 Å². The summed E-state index contributed by atoms with van der Waals surface area (Å²) in [6, 6.07) is 6.34. The van der Waals surface area contributed by atoms with E-state index in [0.29, 0.717) is 0 Å². The first-order chi connectivity index (χ1) is 5.61. The van der Waals surface area contributed by atoms with Gasteiger partial charge >= 0.3 is 5.97 Å². The molecule has 0 fully saturated rings. The Balaban J connectivity index is 2.93. The van der Waals surface area contributed by atoms with Crippen LogP contribution in [0, 0.1) is 0 Å². The predicted octanol–water partition coefficient (Wildman–Crippen LogP) is 0.695.